The van der Waals surface area contributed by atoms with Gasteiger partial charge in [-0.05, 0) is 30.3 Å². The first-order valence-corrected chi connectivity index (χ1v) is 5.92. The lowest BCUT2D eigenvalue weighted by atomic mass is 10.2. The molecule has 4 nitrogen and oxygen atoms in total. The maximum Gasteiger partial charge on any atom is 0.255 e. The standard InChI is InChI=1S/C13H13ClN2O2/c14-10-3-4-12(17)11(9-10)13(18)15-5-8-16-6-1-2-7-16/h1-4,6-7,9,17H,5,8H2,(H,15,18). The Morgan fingerprint density at radius 1 is 1.33 bits per heavy atom. The molecule has 0 aliphatic heterocycles. The van der Waals surface area contributed by atoms with E-state index in [1.165, 1.54) is 18.2 Å². The number of hydrogen-bond acceptors (Lipinski definition) is 2. The van der Waals surface area contributed by atoms with Crippen LogP contribution in [0.2, 0.25) is 5.02 Å². The van der Waals surface area contributed by atoms with E-state index in [2.05, 4.69) is 5.32 Å². The van der Waals surface area contributed by atoms with Crippen molar-refractivity contribution < 1.29 is 9.90 Å². The van der Waals surface area contributed by atoms with E-state index in [-0.39, 0.29) is 17.2 Å². The highest BCUT2D eigenvalue weighted by Crippen LogP contribution is 2.21. The van der Waals surface area contributed by atoms with E-state index in [1.54, 1.807) is 0 Å². The zero-order valence-corrected chi connectivity index (χ0v) is 10.4. The van der Waals surface area contributed by atoms with Gasteiger partial charge < -0.3 is 15.0 Å². The van der Waals surface area contributed by atoms with Crippen molar-refractivity contribution >= 4 is 17.5 Å². The van der Waals surface area contributed by atoms with Crippen molar-refractivity contribution in [2.45, 2.75) is 6.54 Å². The third-order valence-corrected chi connectivity index (χ3v) is 2.76. The molecule has 1 amide bonds. The number of carbonyl (C=O) groups is 1. The molecule has 0 aliphatic carbocycles. The summed E-state index contributed by atoms with van der Waals surface area (Å²) < 4.78 is 1.96. The Balaban J connectivity index is 1.93. The van der Waals surface area contributed by atoms with Gasteiger partial charge in [0.2, 0.25) is 0 Å². The summed E-state index contributed by atoms with van der Waals surface area (Å²) >= 11 is 5.78. The minimum Gasteiger partial charge on any atom is -0.507 e. The van der Waals surface area contributed by atoms with Crippen molar-refractivity contribution in [3.05, 3.63) is 53.3 Å². The number of halogens is 1. The largest absolute Gasteiger partial charge is 0.507 e. The molecule has 0 radical (unpaired) electrons. The van der Waals surface area contributed by atoms with Crippen molar-refractivity contribution in [3.8, 4) is 5.75 Å². The number of nitrogens with zero attached hydrogens (tertiary/aromatic N) is 1. The van der Waals surface area contributed by atoms with Crippen LogP contribution >= 0.6 is 11.6 Å². The lowest BCUT2D eigenvalue weighted by molar-refractivity contribution is 0.0949. The minimum absolute atomic E-state index is 0.0714. The van der Waals surface area contributed by atoms with E-state index in [0.29, 0.717) is 18.1 Å². The van der Waals surface area contributed by atoms with Crippen LogP contribution in [0.25, 0.3) is 0 Å². The monoisotopic (exact) mass is 264 g/mol. The number of nitrogens with one attached hydrogen (secondary N) is 1. The summed E-state index contributed by atoms with van der Waals surface area (Å²) in [7, 11) is 0. The van der Waals surface area contributed by atoms with Crippen molar-refractivity contribution in [1.29, 1.82) is 0 Å². The van der Waals surface area contributed by atoms with Crippen LogP contribution in [0.4, 0.5) is 0 Å². The first kappa shape index (κ1) is 12.5. The molecule has 0 saturated heterocycles. The summed E-state index contributed by atoms with van der Waals surface area (Å²) in [5.41, 5.74) is 0.190. The van der Waals surface area contributed by atoms with Crippen LogP contribution in [0.5, 0.6) is 5.75 Å². The minimum atomic E-state index is -0.331. The van der Waals surface area contributed by atoms with Gasteiger partial charge in [0.05, 0.1) is 5.56 Å². The number of aromatic hydroxyl groups is 1. The lowest BCUT2D eigenvalue weighted by Gasteiger charge is -2.07. The van der Waals surface area contributed by atoms with Gasteiger partial charge >= 0.3 is 0 Å². The number of amides is 1. The molecule has 0 unspecified atom stereocenters. The quantitative estimate of drug-likeness (QED) is 0.890. The number of benzene rings is 1. The van der Waals surface area contributed by atoms with Crippen LogP contribution in [0.1, 0.15) is 10.4 Å². The molecule has 0 bridgehead atoms. The maximum absolute atomic E-state index is 11.8. The normalized spacial score (nSPS) is 10.3. The molecule has 1 aromatic carbocycles. The summed E-state index contributed by atoms with van der Waals surface area (Å²) in [5, 5.41) is 12.7. The molecule has 0 atom stereocenters. The van der Waals surface area contributed by atoms with Gasteiger partial charge in [-0.2, -0.15) is 0 Å². The Labute approximate surface area is 110 Å². The van der Waals surface area contributed by atoms with Gasteiger partial charge in [-0.3, -0.25) is 4.79 Å². The van der Waals surface area contributed by atoms with Crippen LogP contribution in [0.15, 0.2) is 42.7 Å². The van der Waals surface area contributed by atoms with Gasteiger partial charge in [-0.1, -0.05) is 11.6 Å². The van der Waals surface area contributed by atoms with Crippen LogP contribution in [-0.4, -0.2) is 22.1 Å². The van der Waals surface area contributed by atoms with Crippen LogP contribution in [0.3, 0.4) is 0 Å². The average molecular weight is 265 g/mol. The predicted molar refractivity (Wildman–Crippen MR) is 69.9 cm³/mol. The second-order valence-electron chi connectivity index (χ2n) is 3.84. The van der Waals surface area contributed by atoms with Crippen LogP contribution in [-0.2, 0) is 6.54 Å². The maximum atomic E-state index is 11.8. The van der Waals surface area contributed by atoms with E-state index >= 15 is 0 Å². The van der Waals surface area contributed by atoms with E-state index < -0.39 is 0 Å². The van der Waals surface area contributed by atoms with Crippen molar-refractivity contribution in [1.82, 2.24) is 9.88 Å². The van der Waals surface area contributed by atoms with Gasteiger partial charge in [0.25, 0.3) is 5.91 Å². The molecule has 0 aliphatic rings. The molecular formula is C13H13ClN2O2. The number of phenols is 1. The molecule has 2 N–H and O–H groups in total. The molecule has 94 valence electrons. The van der Waals surface area contributed by atoms with Gasteiger partial charge in [0.15, 0.2) is 0 Å². The fourth-order valence-electron chi connectivity index (χ4n) is 1.60. The SMILES string of the molecule is O=C(NCCn1cccc1)c1cc(Cl)ccc1O. The smallest absolute Gasteiger partial charge is 0.255 e. The number of carbonyl (C=O) groups excluding carboxylic acids is 1. The Morgan fingerprint density at radius 2 is 2.06 bits per heavy atom. The topological polar surface area (TPSA) is 54.3 Å². The highest BCUT2D eigenvalue weighted by molar-refractivity contribution is 6.31. The second-order valence-corrected chi connectivity index (χ2v) is 4.27. The molecule has 2 aromatic rings. The van der Waals surface area contributed by atoms with Crippen molar-refractivity contribution in [2.75, 3.05) is 6.54 Å². The van der Waals surface area contributed by atoms with E-state index in [4.69, 9.17) is 11.6 Å². The molecule has 5 heteroatoms. The Bertz CT molecular complexity index is 538. The van der Waals surface area contributed by atoms with Crippen LogP contribution in [0, 0.1) is 0 Å². The second kappa shape index (κ2) is 5.60. The summed E-state index contributed by atoms with van der Waals surface area (Å²) in [4.78, 5) is 11.8. The molecule has 18 heavy (non-hydrogen) atoms. The third kappa shape index (κ3) is 3.05. The van der Waals surface area contributed by atoms with E-state index in [1.807, 2.05) is 29.1 Å². The molecule has 0 saturated carbocycles. The van der Waals surface area contributed by atoms with Crippen molar-refractivity contribution in [2.24, 2.45) is 0 Å². The molecule has 2 rings (SSSR count). The Morgan fingerprint density at radius 3 is 2.78 bits per heavy atom. The number of aromatic nitrogens is 1. The number of rotatable bonds is 4. The highest BCUT2D eigenvalue weighted by Gasteiger charge is 2.10. The Kier molecular flexibility index (Phi) is 3.89. The van der Waals surface area contributed by atoms with Crippen molar-refractivity contribution in [3.63, 3.8) is 0 Å². The van der Waals surface area contributed by atoms with Gasteiger partial charge in [-0.25, -0.2) is 0 Å². The highest BCUT2D eigenvalue weighted by atomic mass is 35.5. The molecule has 1 heterocycles. The third-order valence-electron chi connectivity index (χ3n) is 2.52. The fraction of sp³-hybridized carbons (Fsp3) is 0.154. The Hall–Kier alpha value is -1.94. The zero-order valence-electron chi connectivity index (χ0n) is 9.64. The average Bonchev–Trinajstić information content (AvgIpc) is 2.85. The number of phenolic OH excluding ortho intramolecular Hbond substituents is 1. The summed E-state index contributed by atoms with van der Waals surface area (Å²) in [6, 6.07) is 8.23. The lowest BCUT2D eigenvalue weighted by Crippen LogP contribution is -2.27. The molecule has 0 fully saturated rings. The molecule has 0 spiro atoms. The van der Waals surface area contributed by atoms with Gasteiger partial charge in [0, 0.05) is 30.5 Å². The van der Waals surface area contributed by atoms with Gasteiger partial charge in [0.1, 0.15) is 5.75 Å². The predicted octanol–water partition coefficient (Wildman–Crippen LogP) is 2.28. The fourth-order valence-corrected chi connectivity index (χ4v) is 1.78. The zero-order chi connectivity index (χ0) is 13.0. The summed E-state index contributed by atoms with van der Waals surface area (Å²) in [5.74, 6) is -0.403. The molecule has 1 aromatic heterocycles. The van der Waals surface area contributed by atoms with E-state index in [9.17, 15) is 9.90 Å². The summed E-state index contributed by atoms with van der Waals surface area (Å²) in [6.07, 6.45) is 3.84. The van der Waals surface area contributed by atoms with Crippen LogP contribution < -0.4 is 5.32 Å². The van der Waals surface area contributed by atoms with Gasteiger partial charge in [-0.15, -0.1) is 0 Å². The molecular weight excluding hydrogens is 252 g/mol. The first-order chi connectivity index (χ1) is 8.66. The first-order valence-electron chi connectivity index (χ1n) is 5.54. The number of hydrogen-bond donors (Lipinski definition) is 2. The van der Waals surface area contributed by atoms with E-state index in [0.717, 1.165) is 0 Å². The summed E-state index contributed by atoms with van der Waals surface area (Å²) in [6.45, 7) is 1.17.